The maximum Gasteiger partial charge on any atom is 0.225 e. The normalized spacial score (nSPS) is 18.1. The summed E-state index contributed by atoms with van der Waals surface area (Å²) >= 11 is 0. The van der Waals surface area contributed by atoms with E-state index in [-0.39, 0.29) is 5.92 Å². The minimum Gasteiger partial charge on any atom is -0.353 e. The highest BCUT2D eigenvalue weighted by atomic mass is 16.2. The van der Waals surface area contributed by atoms with Gasteiger partial charge in [-0.05, 0) is 32.8 Å². The van der Waals surface area contributed by atoms with Crippen LogP contribution in [0, 0.1) is 19.8 Å². The molecule has 1 aliphatic carbocycles. The van der Waals surface area contributed by atoms with Gasteiger partial charge < -0.3 is 9.80 Å². The first kappa shape index (κ1) is 18.0. The molecule has 0 spiro atoms. The SMILES string of the molecule is Cc1cccc(-c2nc(C)cc(N3CCN(C(=O)C4CCCC4)CC3)n2)c1. The summed E-state index contributed by atoms with van der Waals surface area (Å²) in [5, 5.41) is 0. The number of benzene rings is 1. The molecule has 2 fully saturated rings. The molecule has 1 saturated heterocycles. The van der Waals surface area contributed by atoms with Gasteiger partial charge in [-0.25, -0.2) is 9.97 Å². The van der Waals surface area contributed by atoms with Gasteiger partial charge in [-0.15, -0.1) is 0 Å². The summed E-state index contributed by atoms with van der Waals surface area (Å²) < 4.78 is 0. The first-order valence-electron chi connectivity index (χ1n) is 10.1. The van der Waals surface area contributed by atoms with E-state index in [0.29, 0.717) is 5.91 Å². The van der Waals surface area contributed by atoms with E-state index in [9.17, 15) is 4.79 Å². The van der Waals surface area contributed by atoms with Crippen molar-refractivity contribution in [3.05, 3.63) is 41.6 Å². The monoisotopic (exact) mass is 364 g/mol. The van der Waals surface area contributed by atoms with Crippen LogP contribution in [0.25, 0.3) is 11.4 Å². The van der Waals surface area contributed by atoms with E-state index < -0.39 is 0 Å². The van der Waals surface area contributed by atoms with Crippen LogP contribution in [0.3, 0.4) is 0 Å². The van der Waals surface area contributed by atoms with Crippen molar-refractivity contribution in [2.75, 3.05) is 31.1 Å². The lowest BCUT2D eigenvalue weighted by Crippen LogP contribution is -2.50. The summed E-state index contributed by atoms with van der Waals surface area (Å²) in [6.07, 6.45) is 4.56. The maximum atomic E-state index is 12.7. The Morgan fingerprint density at radius 2 is 1.74 bits per heavy atom. The molecule has 0 radical (unpaired) electrons. The van der Waals surface area contributed by atoms with Crippen molar-refractivity contribution >= 4 is 11.7 Å². The molecule has 0 N–H and O–H groups in total. The standard InChI is InChI=1S/C22H28N4O/c1-16-6-5-9-19(14-16)21-23-17(2)15-20(24-21)25-10-12-26(13-11-25)22(27)18-7-3-4-8-18/h5-6,9,14-15,18H,3-4,7-8,10-13H2,1-2H3. The van der Waals surface area contributed by atoms with Crippen LogP contribution >= 0.6 is 0 Å². The van der Waals surface area contributed by atoms with Gasteiger partial charge in [0.1, 0.15) is 5.82 Å². The van der Waals surface area contributed by atoms with Gasteiger partial charge in [0.15, 0.2) is 5.82 Å². The number of carbonyl (C=O) groups is 1. The molecule has 27 heavy (non-hydrogen) atoms. The van der Waals surface area contributed by atoms with Gasteiger partial charge >= 0.3 is 0 Å². The van der Waals surface area contributed by atoms with Crippen molar-refractivity contribution < 1.29 is 4.79 Å². The van der Waals surface area contributed by atoms with Gasteiger partial charge in [-0.2, -0.15) is 0 Å². The fraction of sp³-hybridized carbons (Fsp3) is 0.500. The summed E-state index contributed by atoms with van der Waals surface area (Å²) in [6, 6.07) is 10.4. The van der Waals surface area contributed by atoms with Gasteiger partial charge in [0, 0.05) is 49.4 Å². The molecule has 1 aliphatic heterocycles. The highest BCUT2D eigenvalue weighted by Crippen LogP contribution is 2.27. The zero-order valence-electron chi connectivity index (χ0n) is 16.3. The summed E-state index contributed by atoms with van der Waals surface area (Å²) in [4.78, 5) is 26.5. The van der Waals surface area contributed by atoms with E-state index in [2.05, 4.69) is 39.9 Å². The molecular formula is C22H28N4O. The zero-order chi connectivity index (χ0) is 18.8. The molecule has 5 heteroatoms. The Kier molecular flexibility index (Phi) is 5.10. The van der Waals surface area contributed by atoms with Gasteiger partial charge in [0.05, 0.1) is 0 Å². The predicted octanol–water partition coefficient (Wildman–Crippen LogP) is 3.60. The second kappa shape index (κ2) is 7.67. The number of carbonyl (C=O) groups excluding carboxylic acids is 1. The minimum atomic E-state index is 0.269. The van der Waals surface area contributed by atoms with Crippen LogP contribution in [-0.2, 0) is 4.79 Å². The van der Waals surface area contributed by atoms with Crippen LogP contribution in [0.2, 0.25) is 0 Å². The Bertz CT molecular complexity index is 821. The summed E-state index contributed by atoms with van der Waals surface area (Å²) in [6.45, 7) is 7.35. The van der Waals surface area contributed by atoms with Crippen molar-refractivity contribution in [3.8, 4) is 11.4 Å². The largest absolute Gasteiger partial charge is 0.353 e. The Morgan fingerprint density at radius 1 is 1.00 bits per heavy atom. The third kappa shape index (κ3) is 3.97. The summed E-state index contributed by atoms with van der Waals surface area (Å²) in [5.74, 6) is 2.38. The van der Waals surface area contributed by atoms with Crippen LogP contribution in [0.1, 0.15) is 36.9 Å². The molecule has 1 saturated carbocycles. The lowest BCUT2D eigenvalue weighted by atomic mass is 10.1. The van der Waals surface area contributed by atoms with Crippen molar-refractivity contribution in [1.82, 2.24) is 14.9 Å². The smallest absolute Gasteiger partial charge is 0.225 e. The van der Waals surface area contributed by atoms with Crippen LogP contribution in [0.5, 0.6) is 0 Å². The minimum absolute atomic E-state index is 0.269. The topological polar surface area (TPSA) is 49.3 Å². The van der Waals surface area contributed by atoms with E-state index in [1.807, 2.05) is 19.1 Å². The Morgan fingerprint density at radius 3 is 2.44 bits per heavy atom. The first-order chi connectivity index (χ1) is 13.1. The lowest BCUT2D eigenvalue weighted by molar-refractivity contribution is -0.135. The molecule has 5 nitrogen and oxygen atoms in total. The molecule has 2 aromatic rings. The van der Waals surface area contributed by atoms with E-state index >= 15 is 0 Å². The fourth-order valence-electron chi connectivity index (χ4n) is 4.21. The van der Waals surface area contributed by atoms with Crippen molar-refractivity contribution in [2.45, 2.75) is 39.5 Å². The zero-order valence-corrected chi connectivity index (χ0v) is 16.3. The number of piperazine rings is 1. The molecule has 4 rings (SSSR count). The van der Waals surface area contributed by atoms with Crippen LogP contribution in [0.15, 0.2) is 30.3 Å². The van der Waals surface area contributed by atoms with Gasteiger partial charge in [-0.3, -0.25) is 4.79 Å². The molecule has 2 aliphatic rings. The molecule has 142 valence electrons. The van der Waals surface area contributed by atoms with E-state index in [0.717, 1.165) is 61.9 Å². The average molecular weight is 364 g/mol. The number of hydrogen-bond donors (Lipinski definition) is 0. The van der Waals surface area contributed by atoms with Crippen LogP contribution in [0.4, 0.5) is 5.82 Å². The fourth-order valence-corrected chi connectivity index (χ4v) is 4.21. The molecule has 0 atom stereocenters. The number of anilines is 1. The maximum absolute atomic E-state index is 12.7. The predicted molar refractivity (Wildman–Crippen MR) is 108 cm³/mol. The van der Waals surface area contributed by atoms with Gasteiger partial charge in [0.2, 0.25) is 5.91 Å². The third-order valence-electron chi connectivity index (χ3n) is 5.74. The highest BCUT2D eigenvalue weighted by Gasteiger charge is 2.29. The van der Waals surface area contributed by atoms with Gasteiger partial charge in [0.25, 0.3) is 0 Å². The van der Waals surface area contributed by atoms with Gasteiger partial charge in [-0.1, -0.05) is 36.6 Å². The number of hydrogen-bond acceptors (Lipinski definition) is 4. The van der Waals surface area contributed by atoms with E-state index in [4.69, 9.17) is 4.98 Å². The Hall–Kier alpha value is -2.43. The Labute approximate surface area is 161 Å². The molecule has 1 amide bonds. The number of aryl methyl sites for hydroxylation is 2. The lowest BCUT2D eigenvalue weighted by Gasteiger charge is -2.36. The molecule has 0 bridgehead atoms. The van der Waals surface area contributed by atoms with Crippen LogP contribution in [-0.4, -0.2) is 47.0 Å². The molecular weight excluding hydrogens is 336 g/mol. The molecule has 0 unspecified atom stereocenters. The number of nitrogens with zero attached hydrogens (tertiary/aromatic N) is 4. The van der Waals surface area contributed by atoms with Crippen molar-refractivity contribution in [3.63, 3.8) is 0 Å². The number of amides is 1. The third-order valence-corrected chi connectivity index (χ3v) is 5.74. The average Bonchev–Trinajstić information content (AvgIpc) is 3.22. The summed E-state index contributed by atoms with van der Waals surface area (Å²) in [5.41, 5.74) is 3.23. The Balaban J connectivity index is 1.47. The highest BCUT2D eigenvalue weighted by molar-refractivity contribution is 5.79. The molecule has 1 aromatic carbocycles. The molecule has 2 heterocycles. The number of rotatable bonds is 3. The van der Waals surface area contributed by atoms with Crippen LogP contribution < -0.4 is 4.90 Å². The van der Waals surface area contributed by atoms with E-state index in [1.54, 1.807) is 0 Å². The van der Waals surface area contributed by atoms with E-state index in [1.165, 1.54) is 18.4 Å². The quantitative estimate of drug-likeness (QED) is 0.835. The van der Waals surface area contributed by atoms with Crippen molar-refractivity contribution in [1.29, 1.82) is 0 Å². The number of aromatic nitrogens is 2. The summed E-state index contributed by atoms with van der Waals surface area (Å²) in [7, 11) is 0. The first-order valence-corrected chi connectivity index (χ1v) is 10.1. The second-order valence-electron chi connectivity index (χ2n) is 7.85. The van der Waals surface area contributed by atoms with Crippen molar-refractivity contribution in [2.24, 2.45) is 5.92 Å². The molecule has 1 aromatic heterocycles. The second-order valence-corrected chi connectivity index (χ2v) is 7.85.